The summed E-state index contributed by atoms with van der Waals surface area (Å²) in [6, 6.07) is 18.3. The van der Waals surface area contributed by atoms with E-state index >= 15 is 0 Å². The Hall–Kier alpha value is -4.23. The number of hydrogen-bond donors (Lipinski definition) is 6. The highest BCUT2D eigenvalue weighted by atomic mass is 35.5. The number of hydrogen-bond acceptors (Lipinski definition) is 11. The fourth-order valence-corrected chi connectivity index (χ4v) is 7.61. The van der Waals surface area contributed by atoms with Crippen LogP contribution >= 0.6 is 22.2 Å². The van der Waals surface area contributed by atoms with Gasteiger partial charge in [-0.25, -0.2) is 0 Å². The largest absolute Gasteiger partial charge is 0.488 e. The van der Waals surface area contributed by atoms with Gasteiger partial charge in [0, 0.05) is 67.9 Å². The Labute approximate surface area is 316 Å². The van der Waals surface area contributed by atoms with E-state index in [1.807, 2.05) is 50.2 Å². The number of aromatic nitrogens is 1. The second-order valence-electron chi connectivity index (χ2n) is 13.0. The molecular formula is C39H46ClN5O7S. The minimum absolute atomic E-state index is 0.132. The minimum Gasteiger partial charge on any atom is -0.488 e. The number of aliphatic hydroxyl groups excluding tert-OH is 2. The molecule has 1 aromatic heterocycles. The molecule has 6 N–H and O–H groups in total. The number of rotatable bonds is 16. The number of carbonyl (C=O) groups excluding carboxylic acids is 1. The molecule has 0 radical (unpaired) electrons. The number of carbonyl (C=O) groups is 1. The van der Waals surface area contributed by atoms with Crippen LogP contribution in [0.3, 0.4) is 0 Å². The Kier molecular flexibility index (Phi) is 14.1. The zero-order valence-electron chi connectivity index (χ0n) is 29.8. The molecule has 1 aliphatic rings. The highest BCUT2D eigenvalue weighted by Gasteiger charge is 2.22. The van der Waals surface area contributed by atoms with E-state index in [-0.39, 0.29) is 38.9 Å². The van der Waals surface area contributed by atoms with Gasteiger partial charge in [0.05, 0.1) is 41.3 Å². The number of aliphatic hydroxyl groups is 2. The zero-order chi connectivity index (χ0) is 38.0. The van der Waals surface area contributed by atoms with Gasteiger partial charge in [-0.15, -0.1) is 0 Å². The molecule has 14 heteroatoms. The first-order chi connectivity index (χ1) is 25.5. The Balaban J connectivity index is 1.30. The summed E-state index contributed by atoms with van der Waals surface area (Å²) in [6.07, 6.45) is 3.10. The molecule has 53 heavy (non-hydrogen) atoms. The van der Waals surface area contributed by atoms with Gasteiger partial charge in [-0.2, -0.15) is 15.9 Å². The van der Waals surface area contributed by atoms with Crippen molar-refractivity contribution >= 4 is 28.1 Å². The molecule has 282 valence electrons. The lowest BCUT2D eigenvalue weighted by Gasteiger charge is -2.40. The first kappa shape index (κ1) is 40.0. The molecular weight excluding hydrogens is 718 g/mol. The molecule has 1 aliphatic heterocycles. The second-order valence-corrected chi connectivity index (χ2v) is 15.8. The van der Waals surface area contributed by atoms with Crippen LogP contribution < -0.4 is 20.1 Å². The van der Waals surface area contributed by atoms with Crippen LogP contribution in [0.1, 0.15) is 43.7 Å². The normalized spacial score (nSPS) is 14.8. The maximum atomic E-state index is 13.3. The third kappa shape index (κ3) is 10.7. The van der Waals surface area contributed by atoms with Crippen LogP contribution in [0.15, 0.2) is 67.0 Å². The number of pyridine rings is 1. The summed E-state index contributed by atoms with van der Waals surface area (Å²) in [5.74, 6) is 1.45. The highest BCUT2D eigenvalue weighted by molar-refractivity contribution is 8.24. The van der Waals surface area contributed by atoms with E-state index in [1.54, 1.807) is 24.4 Å². The molecule has 0 spiro atoms. The number of nitrogens with zero attached hydrogens (tertiary/aromatic N) is 3. The smallest absolute Gasteiger partial charge is 0.251 e. The molecule has 12 nitrogen and oxygen atoms in total. The van der Waals surface area contributed by atoms with Crippen molar-refractivity contribution in [3.8, 4) is 28.7 Å². The van der Waals surface area contributed by atoms with Gasteiger partial charge >= 0.3 is 0 Å². The van der Waals surface area contributed by atoms with E-state index in [0.29, 0.717) is 76.5 Å². The Bertz CT molecular complexity index is 1930. The van der Waals surface area contributed by atoms with Crippen molar-refractivity contribution in [1.82, 2.24) is 20.5 Å². The average molecular weight is 764 g/mol. The van der Waals surface area contributed by atoms with Gasteiger partial charge in [-0.1, -0.05) is 41.9 Å². The molecule has 0 saturated carbocycles. The summed E-state index contributed by atoms with van der Waals surface area (Å²) in [7, 11) is -2.46. The summed E-state index contributed by atoms with van der Waals surface area (Å²) in [6.45, 7) is 6.35. The number of nitrogens with one attached hydrogen (secondary N) is 2. The summed E-state index contributed by atoms with van der Waals surface area (Å²) in [5, 5.41) is 34.8. The van der Waals surface area contributed by atoms with E-state index in [9.17, 15) is 29.4 Å². The summed E-state index contributed by atoms with van der Waals surface area (Å²) < 4.78 is 32.2. The zero-order valence-corrected chi connectivity index (χ0v) is 31.4. The molecule has 1 fully saturated rings. The van der Waals surface area contributed by atoms with Crippen molar-refractivity contribution in [2.45, 2.75) is 39.6 Å². The van der Waals surface area contributed by atoms with E-state index < -0.39 is 16.6 Å². The second kappa shape index (κ2) is 18.7. The fraction of sp³-hybridized carbons (Fsp3) is 0.359. The van der Waals surface area contributed by atoms with Crippen LogP contribution in [0.2, 0.25) is 5.02 Å². The Morgan fingerprint density at radius 3 is 2.38 bits per heavy atom. The van der Waals surface area contributed by atoms with E-state index in [0.717, 1.165) is 27.8 Å². The number of benzene rings is 3. The van der Waals surface area contributed by atoms with E-state index in [4.69, 9.17) is 21.1 Å². The predicted octanol–water partition coefficient (Wildman–Crippen LogP) is 5.29. The van der Waals surface area contributed by atoms with Gasteiger partial charge in [0.15, 0.2) is 0 Å². The molecule has 0 atom stereocenters. The monoisotopic (exact) mass is 763 g/mol. The molecule has 0 bridgehead atoms. The van der Waals surface area contributed by atoms with Crippen LogP contribution in [-0.4, -0.2) is 92.0 Å². The maximum Gasteiger partial charge on any atom is 0.251 e. The first-order valence-corrected chi connectivity index (χ1v) is 19.6. The average Bonchev–Trinajstić information content (AvgIpc) is 3.15. The molecule has 0 unspecified atom stereocenters. The lowest BCUT2D eigenvalue weighted by molar-refractivity contribution is 0.0948. The van der Waals surface area contributed by atoms with Crippen LogP contribution in [-0.2, 0) is 19.8 Å². The summed E-state index contributed by atoms with van der Waals surface area (Å²) >= 11 is 6.72. The standard InChI is InChI=1S/C39H46ClN5O7S/c1-26-30(5-3-6-33(26)34-7-4-8-35(27(34)2)39(48)43-9-10-45-11-13-53(49,50)14-12-45)25-52-38-17-37(51-24-29-15-28(18-41)19-42-20-29)31(16-36(38)40)21-44-32(22-46)23-47/h3-8,15-17,19-20,32,44,46-47,49-50H,9-14,21-25H2,1-2H3,(H,43,48). The highest BCUT2D eigenvalue weighted by Crippen LogP contribution is 2.40. The molecule has 1 amide bonds. The molecule has 5 rings (SSSR count). The molecule has 0 aliphatic carbocycles. The third-order valence-corrected chi connectivity index (χ3v) is 11.3. The third-order valence-electron chi connectivity index (χ3n) is 9.34. The number of ether oxygens (including phenoxy) is 2. The lowest BCUT2D eigenvalue weighted by atomic mass is 9.91. The fourth-order valence-electron chi connectivity index (χ4n) is 6.06. The predicted molar refractivity (Wildman–Crippen MR) is 207 cm³/mol. The van der Waals surface area contributed by atoms with Gasteiger partial charge in [0.2, 0.25) is 0 Å². The van der Waals surface area contributed by atoms with Gasteiger partial charge < -0.3 is 30.3 Å². The SMILES string of the molecule is Cc1c(COc2cc(OCc3cncc(C#N)c3)c(CNC(CO)CO)cc2Cl)cccc1-c1cccc(C(=O)NCCN2CCS(O)(O)CC2)c1C. The maximum absolute atomic E-state index is 13.3. The van der Waals surface area contributed by atoms with Crippen molar-refractivity contribution in [2.75, 3.05) is 50.9 Å². The van der Waals surface area contributed by atoms with Crippen molar-refractivity contribution in [3.05, 3.63) is 111 Å². The topological polar surface area (TPSA) is 180 Å². The van der Waals surface area contributed by atoms with Crippen LogP contribution in [0, 0.1) is 25.2 Å². The van der Waals surface area contributed by atoms with Crippen LogP contribution in [0.5, 0.6) is 11.5 Å². The Morgan fingerprint density at radius 2 is 1.66 bits per heavy atom. The van der Waals surface area contributed by atoms with Crippen LogP contribution in [0.4, 0.5) is 0 Å². The lowest BCUT2D eigenvalue weighted by Crippen LogP contribution is -2.42. The number of halogens is 1. The first-order valence-electron chi connectivity index (χ1n) is 17.3. The quantitative estimate of drug-likeness (QED) is 0.0874. The number of nitriles is 1. The van der Waals surface area contributed by atoms with Crippen molar-refractivity contribution in [1.29, 1.82) is 5.26 Å². The minimum atomic E-state index is -2.46. The van der Waals surface area contributed by atoms with Crippen molar-refractivity contribution in [3.63, 3.8) is 0 Å². The van der Waals surface area contributed by atoms with Crippen molar-refractivity contribution in [2.24, 2.45) is 0 Å². The molecule has 4 aromatic rings. The van der Waals surface area contributed by atoms with E-state index in [1.165, 1.54) is 6.20 Å². The number of amides is 1. The van der Waals surface area contributed by atoms with E-state index in [2.05, 4.69) is 26.6 Å². The van der Waals surface area contributed by atoms with Gasteiger partial charge in [0.25, 0.3) is 5.91 Å². The molecule has 2 heterocycles. The summed E-state index contributed by atoms with van der Waals surface area (Å²) in [5.41, 5.74) is 7.06. The summed E-state index contributed by atoms with van der Waals surface area (Å²) in [4.78, 5) is 19.5. The van der Waals surface area contributed by atoms with Gasteiger partial charge in [-0.3, -0.25) is 23.8 Å². The van der Waals surface area contributed by atoms with Crippen molar-refractivity contribution < 1.29 is 33.6 Å². The molecule has 1 saturated heterocycles. The van der Waals surface area contributed by atoms with Crippen LogP contribution in [0.25, 0.3) is 11.1 Å². The Morgan fingerprint density at radius 1 is 0.962 bits per heavy atom. The van der Waals surface area contributed by atoms with Gasteiger partial charge in [-0.05, 0) is 59.9 Å². The van der Waals surface area contributed by atoms with Gasteiger partial charge in [0.1, 0.15) is 30.8 Å². The molecule has 3 aromatic carbocycles.